The number of aromatic nitrogens is 2. The summed E-state index contributed by atoms with van der Waals surface area (Å²) >= 11 is 3.59. The van der Waals surface area contributed by atoms with Crippen molar-refractivity contribution >= 4 is 15.9 Å². The second-order valence-electron chi connectivity index (χ2n) is 5.41. The summed E-state index contributed by atoms with van der Waals surface area (Å²) in [5.74, 6) is 0. The van der Waals surface area contributed by atoms with Crippen LogP contribution in [0, 0.1) is 0 Å². The minimum absolute atomic E-state index is 0.142. The highest BCUT2D eigenvalue weighted by Crippen LogP contribution is 2.30. The fraction of sp³-hybridized carbons (Fsp3) is 0.438. The van der Waals surface area contributed by atoms with Gasteiger partial charge in [0, 0.05) is 28.3 Å². The van der Waals surface area contributed by atoms with Crippen LogP contribution in [0.5, 0.6) is 0 Å². The van der Waals surface area contributed by atoms with Crippen molar-refractivity contribution < 1.29 is 5.11 Å². The lowest BCUT2D eigenvalue weighted by molar-refractivity contribution is 0.266. The molecule has 1 aliphatic carbocycles. The molecule has 4 nitrogen and oxygen atoms in total. The van der Waals surface area contributed by atoms with Crippen LogP contribution < -0.4 is 5.32 Å². The molecule has 1 unspecified atom stereocenters. The number of benzene rings is 1. The molecule has 1 aromatic heterocycles. The van der Waals surface area contributed by atoms with Crippen molar-refractivity contribution in [1.29, 1.82) is 0 Å². The van der Waals surface area contributed by atoms with E-state index < -0.39 is 0 Å². The van der Waals surface area contributed by atoms with Gasteiger partial charge in [0.2, 0.25) is 0 Å². The number of aliphatic hydroxyl groups is 1. The maximum absolute atomic E-state index is 9.11. The second kappa shape index (κ2) is 6.73. The third kappa shape index (κ3) is 3.20. The summed E-state index contributed by atoms with van der Waals surface area (Å²) in [7, 11) is 0. The molecular formula is C16H20BrN3O. The summed E-state index contributed by atoms with van der Waals surface area (Å²) in [5, 5.41) is 17.2. The third-order valence-electron chi connectivity index (χ3n) is 4.07. The Bertz CT molecular complexity index is 611. The SMILES string of the molecule is OCCn1ncc2c1CCCC2NCc1ccccc1Br. The first kappa shape index (κ1) is 14.8. The van der Waals surface area contributed by atoms with Crippen LogP contribution in [0.15, 0.2) is 34.9 Å². The van der Waals surface area contributed by atoms with Crippen molar-refractivity contribution in [1.82, 2.24) is 15.1 Å². The first-order valence-corrected chi connectivity index (χ1v) is 8.21. The molecule has 0 aliphatic heterocycles. The molecule has 1 atom stereocenters. The minimum atomic E-state index is 0.142. The van der Waals surface area contributed by atoms with Crippen LogP contribution >= 0.6 is 15.9 Å². The number of nitrogens with zero attached hydrogens (tertiary/aromatic N) is 2. The van der Waals surface area contributed by atoms with E-state index in [4.69, 9.17) is 5.11 Å². The van der Waals surface area contributed by atoms with Gasteiger partial charge in [0.15, 0.2) is 0 Å². The maximum atomic E-state index is 9.11. The van der Waals surface area contributed by atoms with E-state index in [1.807, 2.05) is 16.9 Å². The molecule has 0 amide bonds. The van der Waals surface area contributed by atoms with Crippen LogP contribution in [0.4, 0.5) is 0 Å². The fourth-order valence-electron chi connectivity index (χ4n) is 2.99. The zero-order chi connectivity index (χ0) is 14.7. The lowest BCUT2D eigenvalue weighted by atomic mass is 9.93. The maximum Gasteiger partial charge on any atom is 0.0644 e. The Morgan fingerprint density at radius 1 is 1.38 bits per heavy atom. The van der Waals surface area contributed by atoms with E-state index in [2.05, 4.69) is 44.5 Å². The Balaban J connectivity index is 1.72. The van der Waals surface area contributed by atoms with E-state index in [0.29, 0.717) is 12.6 Å². The van der Waals surface area contributed by atoms with Gasteiger partial charge in [-0.2, -0.15) is 5.10 Å². The van der Waals surface area contributed by atoms with E-state index >= 15 is 0 Å². The van der Waals surface area contributed by atoms with E-state index in [1.165, 1.54) is 16.8 Å². The summed E-state index contributed by atoms with van der Waals surface area (Å²) < 4.78 is 3.09. The smallest absolute Gasteiger partial charge is 0.0644 e. The van der Waals surface area contributed by atoms with E-state index in [0.717, 1.165) is 30.3 Å². The molecule has 1 aliphatic rings. The van der Waals surface area contributed by atoms with Gasteiger partial charge in [0.25, 0.3) is 0 Å². The summed E-state index contributed by atoms with van der Waals surface area (Å²) in [5.41, 5.74) is 3.84. The molecule has 5 heteroatoms. The Morgan fingerprint density at radius 3 is 3.05 bits per heavy atom. The molecule has 3 rings (SSSR count). The molecule has 0 radical (unpaired) electrons. The molecule has 2 N–H and O–H groups in total. The molecule has 0 saturated carbocycles. The van der Waals surface area contributed by atoms with Gasteiger partial charge in [-0.15, -0.1) is 0 Å². The van der Waals surface area contributed by atoms with Crippen molar-refractivity contribution in [3.63, 3.8) is 0 Å². The van der Waals surface area contributed by atoms with Crippen LogP contribution in [0.25, 0.3) is 0 Å². The molecule has 2 aromatic rings. The summed E-state index contributed by atoms with van der Waals surface area (Å²) in [6, 6.07) is 8.66. The molecule has 0 saturated heterocycles. The third-order valence-corrected chi connectivity index (χ3v) is 4.84. The highest BCUT2D eigenvalue weighted by atomic mass is 79.9. The second-order valence-corrected chi connectivity index (χ2v) is 6.26. The van der Waals surface area contributed by atoms with Crippen molar-refractivity contribution in [3.05, 3.63) is 51.8 Å². The Morgan fingerprint density at radius 2 is 2.24 bits per heavy atom. The van der Waals surface area contributed by atoms with Crippen LogP contribution in [0.3, 0.4) is 0 Å². The molecule has 21 heavy (non-hydrogen) atoms. The largest absolute Gasteiger partial charge is 0.394 e. The van der Waals surface area contributed by atoms with Crippen molar-refractivity contribution in [2.75, 3.05) is 6.61 Å². The Labute approximate surface area is 133 Å². The van der Waals surface area contributed by atoms with Gasteiger partial charge < -0.3 is 10.4 Å². The van der Waals surface area contributed by atoms with Crippen LogP contribution in [-0.4, -0.2) is 21.5 Å². The highest BCUT2D eigenvalue weighted by Gasteiger charge is 2.23. The van der Waals surface area contributed by atoms with E-state index in [1.54, 1.807) is 0 Å². The van der Waals surface area contributed by atoms with Gasteiger partial charge in [-0.05, 0) is 30.9 Å². The molecule has 1 heterocycles. The average molecular weight is 350 g/mol. The number of hydrogen-bond acceptors (Lipinski definition) is 3. The zero-order valence-corrected chi connectivity index (χ0v) is 13.5. The Kier molecular flexibility index (Phi) is 4.73. The molecule has 1 aromatic carbocycles. The average Bonchev–Trinajstić information content (AvgIpc) is 2.91. The van der Waals surface area contributed by atoms with E-state index in [-0.39, 0.29) is 6.61 Å². The molecule has 0 bridgehead atoms. The molecule has 0 spiro atoms. The number of fused-ring (bicyclic) bond motifs is 1. The van der Waals surface area contributed by atoms with Gasteiger partial charge in [-0.25, -0.2) is 0 Å². The number of rotatable bonds is 5. The Hall–Kier alpha value is -1.17. The minimum Gasteiger partial charge on any atom is -0.394 e. The van der Waals surface area contributed by atoms with Gasteiger partial charge in [-0.1, -0.05) is 34.1 Å². The topological polar surface area (TPSA) is 50.1 Å². The van der Waals surface area contributed by atoms with E-state index in [9.17, 15) is 0 Å². The molecule has 112 valence electrons. The highest BCUT2D eigenvalue weighted by molar-refractivity contribution is 9.10. The predicted molar refractivity (Wildman–Crippen MR) is 86.0 cm³/mol. The zero-order valence-electron chi connectivity index (χ0n) is 11.9. The number of aliphatic hydroxyl groups excluding tert-OH is 1. The normalized spacial score (nSPS) is 17.7. The number of nitrogens with one attached hydrogen (secondary N) is 1. The van der Waals surface area contributed by atoms with Gasteiger partial charge in [-0.3, -0.25) is 4.68 Å². The molecule has 0 fully saturated rings. The van der Waals surface area contributed by atoms with Crippen LogP contribution in [0.2, 0.25) is 0 Å². The summed E-state index contributed by atoms with van der Waals surface area (Å²) in [4.78, 5) is 0. The monoisotopic (exact) mass is 349 g/mol. The first-order valence-electron chi connectivity index (χ1n) is 7.42. The first-order chi connectivity index (χ1) is 10.3. The standard InChI is InChI=1S/C16H20BrN3O/c17-14-5-2-1-4-12(14)10-18-15-6-3-7-16-13(15)11-19-20(16)8-9-21/h1-2,4-5,11,15,18,21H,3,6-10H2. The van der Waals surface area contributed by atoms with Crippen LogP contribution in [-0.2, 0) is 19.5 Å². The van der Waals surface area contributed by atoms with Crippen LogP contribution in [0.1, 0.15) is 35.7 Å². The van der Waals surface area contributed by atoms with Crippen molar-refractivity contribution in [3.8, 4) is 0 Å². The van der Waals surface area contributed by atoms with Crippen molar-refractivity contribution in [2.45, 2.75) is 38.4 Å². The quantitative estimate of drug-likeness (QED) is 0.872. The number of halogens is 1. The van der Waals surface area contributed by atoms with Gasteiger partial charge in [0.1, 0.15) is 0 Å². The lowest BCUT2D eigenvalue weighted by Gasteiger charge is -2.24. The van der Waals surface area contributed by atoms with Crippen molar-refractivity contribution in [2.24, 2.45) is 0 Å². The predicted octanol–water partition coefficient (Wildman–Crippen LogP) is 2.81. The van der Waals surface area contributed by atoms with Gasteiger partial charge >= 0.3 is 0 Å². The number of hydrogen-bond donors (Lipinski definition) is 2. The van der Waals surface area contributed by atoms with Gasteiger partial charge in [0.05, 0.1) is 19.3 Å². The molecular weight excluding hydrogens is 330 g/mol. The summed E-state index contributed by atoms with van der Waals surface area (Å²) in [6.07, 6.45) is 5.32. The fourth-order valence-corrected chi connectivity index (χ4v) is 3.42. The lowest BCUT2D eigenvalue weighted by Crippen LogP contribution is -2.25. The summed E-state index contributed by atoms with van der Waals surface area (Å²) in [6.45, 7) is 1.58.